The van der Waals surface area contributed by atoms with Crippen LogP contribution in [-0.4, -0.2) is 55.6 Å². The van der Waals surface area contributed by atoms with Gasteiger partial charge in [0.25, 0.3) is 6.43 Å². The molecule has 0 spiro atoms. The summed E-state index contributed by atoms with van der Waals surface area (Å²) in [5.41, 5.74) is 9.47. The molecule has 0 fully saturated rings. The van der Waals surface area contributed by atoms with Crippen molar-refractivity contribution >= 4 is 22.9 Å². The zero-order chi connectivity index (χ0) is 28.1. The highest BCUT2D eigenvalue weighted by Gasteiger charge is 2.21. The molecule has 0 atom stereocenters. The summed E-state index contributed by atoms with van der Waals surface area (Å²) in [5, 5.41) is 6.72. The Morgan fingerprint density at radius 2 is 1.97 bits per heavy atom. The lowest BCUT2D eigenvalue weighted by Crippen LogP contribution is -2.32. The molecule has 0 amide bonds. The average molecular weight is 532 g/mol. The molecule has 0 saturated carbocycles. The van der Waals surface area contributed by atoms with E-state index in [-0.39, 0.29) is 6.54 Å². The first-order valence-corrected chi connectivity index (χ1v) is 12.9. The minimum atomic E-state index is -2.21. The molecule has 1 N–H and O–H groups in total. The van der Waals surface area contributed by atoms with E-state index < -0.39 is 6.43 Å². The summed E-state index contributed by atoms with van der Waals surface area (Å²) >= 11 is 0. The van der Waals surface area contributed by atoms with E-state index in [1.54, 1.807) is 0 Å². The Hall–Kier alpha value is -4.11. The molecule has 0 bridgehead atoms. The molecule has 0 radical (unpaired) electrons. The summed E-state index contributed by atoms with van der Waals surface area (Å²) in [6.45, 7) is 16.9. The third-order valence-corrected chi connectivity index (χ3v) is 6.74. The van der Waals surface area contributed by atoms with E-state index in [4.69, 9.17) is 4.98 Å². The minimum Gasteiger partial charge on any atom is -0.362 e. The topological polar surface area (TPSA) is 63.3 Å². The zero-order valence-electron chi connectivity index (χ0n) is 23.0. The average Bonchev–Trinajstić information content (AvgIpc) is 3.51. The van der Waals surface area contributed by atoms with E-state index in [9.17, 15) is 8.78 Å². The maximum absolute atomic E-state index is 11.0. The fourth-order valence-corrected chi connectivity index (χ4v) is 4.73. The van der Waals surface area contributed by atoms with Gasteiger partial charge in [0.1, 0.15) is 5.82 Å². The molecule has 0 aliphatic carbocycles. The highest BCUT2D eigenvalue weighted by Crippen LogP contribution is 2.30. The molecular weight excluding hydrogens is 496 g/mol. The van der Waals surface area contributed by atoms with E-state index in [1.807, 2.05) is 36.1 Å². The van der Waals surface area contributed by atoms with Gasteiger partial charge in [0.15, 0.2) is 0 Å². The van der Waals surface area contributed by atoms with Crippen LogP contribution in [0.1, 0.15) is 46.4 Å². The van der Waals surface area contributed by atoms with Crippen LogP contribution in [0.15, 0.2) is 62.2 Å². The second kappa shape index (κ2) is 12.2. The number of hydrogen-bond acceptors (Lipinski definition) is 5. The van der Waals surface area contributed by atoms with Crippen LogP contribution in [0.4, 0.5) is 8.78 Å². The Balaban J connectivity index is 0.000000531. The van der Waals surface area contributed by atoms with Crippen LogP contribution in [0.2, 0.25) is 0 Å². The van der Waals surface area contributed by atoms with E-state index in [1.165, 1.54) is 7.05 Å². The van der Waals surface area contributed by atoms with Crippen molar-refractivity contribution in [1.82, 2.24) is 34.4 Å². The summed E-state index contributed by atoms with van der Waals surface area (Å²) in [5.74, 6) is 1.08. The van der Waals surface area contributed by atoms with Gasteiger partial charge < -0.3 is 14.8 Å². The quantitative estimate of drug-likeness (QED) is 0.337. The summed E-state index contributed by atoms with van der Waals surface area (Å²) in [6.07, 6.45) is 9.65. The summed E-state index contributed by atoms with van der Waals surface area (Å²) < 4.78 is 26.1. The Kier molecular flexibility index (Phi) is 8.71. The number of pyridine rings is 2. The Labute approximate surface area is 228 Å². The van der Waals surface area contributed by atoms with Gasteiger partial charge in [0.2, 0.25) is 0 Å². The number of imidazole rings is 1. The normalized spacial score (nSPS) is 13.3. The van der Waals surface area contributed by atoms with Gasteiger partial charge in [-0.15, -0.1) is 0 Å². The van der Waals surface area contributed by atoms with Crippen LogP contribution in [0.25, 0.3) is 22.9 Å². The third kappa shape index (κ3) is 6.15. The highest BCUT2D eigenvalue weighted by molar-refractivity contribution is 5.84. The molecule has 4 aromatic rings. The fourth-order valence-electron chi connectivity index (χ4n) is 4.73. The van der Waals surface area contributed by atoms with Crippen LogP contribution in [-0.2, 0) is 13.1 Å². The molecule has 1 aliphatic heterocycles. The monoisotopic (exact) mass is 531 g/mol. The van der Waals surface area contributed by atoms with Crippen molar-refractivity contribution in [2.45, 2.75) is 40.3 Å². The number of halogens is 2. The highest BCUT2D eigenvalue weighted by atomic mass is 19.3. The molecular formula is C30H35F2N7. The third-order valence-electron chi connectivity index (χ3n) is 6.74. The molecule has 0 saturated heterocycles. The molecule has 1 aliphatic rings. The number of hydrogen-bond donors (Lipinski definition) is 1. The summed E-state index contributed by atoms with van der Waals surface area (Å²) in [6, 6.07) is 6.46. The number of alkyl halides is 2. The van der Waals surface area contributed by atoms with Crippen molar-refractivity contribution in [3.05, 3.63) is 102 Å². The smallest absolute Gasteiger partial charge is 0.250 e. The largest absolute Gasteiger partial charge is 0.362 e. The van der Waals surface area contributed by atoms with Crippen molar-refractivity contribution < 1.29 is 8.78 Å². The van der Waals surface area contributed by atoms with Crippen LogP contribution in [0.3, 0.4) is 0 Å². The Morgan fingerprint density at radius 3 is 2.64 bits per heavy atom. The molecule has 9 heteroatoms. The Bertz CT molecular complexity index is 1510. The molecule has 204 valence electrons. The predicted molar refractivity (Wildman–Crippen MR) is 153 cm³/mol. The molecule has 0 unspecified atom stereocenters. The van der Waals surface area contributed by atoms with Gasteiger partial charge in [0, 0.05) is 59.8 Å². The van der Waals surface area contributed by atoms with Gasteiger partial charge in [0.05, 0.1) is 30.5 Å². The second-order valence-electron chi connectivity index (χ2n) is 9.42. The molecule has 5 heterocycles. The van der Waals surface area contributed by atoms with Crippen LogP contribution < -0.4 is 5.32 Å². The van der Waals surface area contributed by atoms with Gasteiger partial charge in [-0.1, -0.05) is 25.3 Å². The fraction of sp³-hybridized carbons (Fsp3) is 0.300. The lowest BCUT2D eigenvalue weighted by molar-refractivity contribution is 0.149. The number of aryl methyl sites for hydroxylation is 2. The van der Waals surface area contributed by atoms with Crippen molar-refractivity contribution in [3.8, 4) is 0 Å². The van der Waals surface area contributed by atoms with Crippen molar-refractivity contribution in [2.24, 2.45) is 0 Å². The van der Waals surface area contributed by atoms with Gasteiger partial charge in [-0.25, -0.2) is 18.3 Å². The number of nitrogens with one attached hydrogen (secondary N) is 1. The SMILES string of the molecule is C=Cc1cnn2ccc(/C(=C/C)c3cc(C(=C)N4CCn5cc(C)nc5C4)cnc3C)cc12.CNCC(F)F. The lowest BCUT2D eigenvalue weighted by atomic mass is 9.95. The number of nitrogens with zero attached hydrogens (tertiary/aromatic N) is 6. The van der Waals surface area contributed by atoms with Crippen LogP contribution in [0.5, 0.6) is 0 Å². The zero-order valence-corrected chi connectivity index (χ0v) is 23.0. The molecule has 7 nitrogen and oxygen atoms in total. The van der Waals surface area contributed by atoms with Crippen molar-refractivity contribution in [3.63, 3.8) is 0 Å². The lowest BCUT2D eigenvalue weighted by Gasteiger charge is -2.31. The molecule has 4 aromatic heterocycles. The van der Waals surface area contributed by atoms with E-state index in [2.05, 4.69) is 82.3 Å². The van der Waals surface area contributed by atoms with E-state index in [0.29, 0.717) is 0 Å². The molecule has 39 heavy (non-hydrogen) atoms. The molecule has 5 rings (SSSR count). The maximum atomic E-state index is 11.0. The van der Waals surface area contributed by atoms with E-state index >= 15 is 0 Å². The summed E-state index contributed by atoms with van der Waals surface area (Å²) in [4.78, 5) is 11.7. The second-order valence-corrected chi connectivity index (χ2v) is 9.42. The summed E-state index contributed by atoms with van der Waals surface area (Å²) in [7, 11) is 1.49. The van der Waals surface area contributed by atoms with Crippen LogP contribution >= 0.6 is 0 Å². The predicted octanol–water partition coefficient (Wildman–Crippen LogP) is 5.59. The number of aromatic nitrogens is 5. The minimum absolute atomic E-state index is 0.208. The van der Waals surface area contributed by atoms with Gasteiger partial charge >= 0.3 is 0 Å². The number of allylic oxidation sites excluding steroid dienone is 1. The number of rotatable bonds is 7. The number of fused-ring (bicyclic) bond motifs is 2. The first-order chi connectivity index (χ1) is 18.7. The van der Waals surface area contributed by atoms with Crippen molar-refractivity contribution in [2.75, 3.05) is 20.1 Å². The maximum Gasteiger partial charge on any atom is 0.250 e. The van der Waals surface area contributed by atoms with Gasteiger partial charge in [-0.2, -0.15) is 5.10 Å². The first-order valence-electron chi connectivity index (χ1n) is 12.9. The van der Waals surface area contributed by atoms with Crippen molar-refractivity contribution in [1.29, 1.82) is 0 Å². The van der Waals surface area contributed by atoms with Crippen LogP contribution in [0, 0.1) is 13.8 Å². The first kappa shape index (κ1) is 27.9. The standard InChI is InChI=1S/C27H28N6.C3H7F2N/c1-6-21-15-29-33-9-8-22(13-26(21)33)24(7-2)25-12-23(14-28-19(25)4)20(5)31-10-11-32-16-18(3)30-27(32)17-31;1-6-2-3(4)5/h6-9,12-16H,1,5,10-11,17H2,2-4H3;3,6H,2H2,1H3/b24-7-;. The van der Waals surface area contributed by atoms with E-state index in [0.717, 1.165) is 75.9 Å². The van der Waals surface area contributed by atoms with Gasteiger partial charge in [-0.3, -0.25) is 4.98 Å². The Morgan fingerprint density at radius 1 is 1.18 bits per heavy atom. The van der Waals surface area contributed by atoms with Gasteiger partial charge in [-0.05, 0) is 57.2 Å². The molecule has 0 aromatic carbocycles.